The highest BCUT2D eigenvalue weighted by atomic mass is 16.5. The second-order valence-electron chi connectivity index (χ2n) is 5.25. The lowest BCUT2D eigenvalue weighted by Gasteiger charge is -2.37. The number of nitrogens with two attached hydrogens (primary N) is 1. The van der Waals surface area contributed by atoms with E-state index < -0.39 is 5.54 Å². The summed E-state index contributed by atoms with van der Waals surface area (Å²) in [6.07, 6.45) is 5.15. The molecule has 0 aromatic carbocycles. The lowest BCUT2D eigenvalue weighted by atomic mass is 9.84. The number of carbonyl (C=O) groups excluding carboxylic acids is 1. The topological polar surface area (TPSA) is 55.6 Å². The van der Waals surface area contributed by atoms with Gasteiger partial charge in [0.25, 0.3) is 0 Å². The molecule has 4 heteroatoms. The number of nitrogens with zero attached hydrogens (tertiary/aromatic N) is 1. The second-order valence-corrected chi connectivity index (χ2v) is 5.25. The minimum absolute atomic E-state index is 0.0997. The van der Waals surface area contributed by atoms with E-state index in [1.807, 2.05) is 11.9 Å². The average Bonchev–Trinajstić information content (AvgIpc) is 2.23. The van der Waals surface area contributed by atoms with Crippen LogP contribution in [0.1, 0.15) is 32.1 Å². The van der Waals surface area contributed by atoms with Gasteiger partial charge in [0, 0.05) is 26.8 Å². The summed E-state index contributed by atoms with van der Waals surface area (Å²) >= 11 is 0. The van der Waals surface area contributed by atoms with Crippen LogP contribution in [0.15, 0.2) is 0 Å². The first kappa shape index (κ1) is 11.9. The van der Waals surface area contributed by atoms with Crippen LogP contribution in [0.4, 0.5) is 0 Å². The highest BCUT2D eigenvalue weighted by Gasteiger charge is 2.38. The van der Waals surface area contributed by atoms with Crippen LogP contribution in [-0.2, 0) is 9.53 Å². The van der Waals surface area contributed by atoms with Crippen molar-refractivity contribution in [3.8, 4) is 0 Å². The van der Waals surface area contributed by atoms with Crippen molar-refractivity contribution in [3.63, 3.8) is 0 Å². The Balaban J connectivity index is 1.88. The van der Waals surface area contributed by atoms with Gasteiger partial charge in [0.05, 0.1) is 5.54 Å². The van der Waals surface area contributed by atoms with Crippen molar-refractivity contribution in [2.45, 2.75) is 37.6 Å². The minimum atomic E-state index is -0.670. The average molecular weight is 226 g/mol. The first-order chi connectivity index (χ1) is 7.62. The van der Waals surface area contributed by atoms with E-state index in [2.05, 4.69) is 0 Å². The molecule has 92 valence electrons. The van der Waals surface area contributed by atoms with Crippen LogP contribution < -0.4 is 5.73 Å². The quantitative estimate of drug-likeness (QED) is 0.772. The summed E-state index contributed by atoms with van der Waals surface area (Å²) in [6.45, 7) is 2.09. The van der Waals surface area contributed by atoms with E-state index in [1.54, 1.807) is 0 Å². The zero-order chi connectivity index (χ0) is 11.6. The van der Waals surface area contributed by atoms with Crippen molar-refractivity contribution in [2.24, 2.45) is 11.7 Å². The van der Waals surface area contributed by atoms with Crippen molar-refractivity contribution in [1.29, 1.82) is 0 Å². The number of rotatable bonds is 3. The molecule has 2 aliphatic rings. The fourth-order valence-electron chi connectivity index (χ4n) is 2.48. The third kappa shape index (κ3) is 2.38. The molecule has 4 nitrogen and oxygen atoms in total. The van der Waals surface area contributed by atoms with Gasteiger partial charge in [0.2, 0.25) is 5.91 Å². The maximum Gasteiger partial charge on any atom is 0.242 e. The van der Waals surface area contributed by atoms with Crippen molar-refractivity contribution in [3.05, 3.63) is 0 Å². The summed E-state index contributed by atoms with van der Waals surface area (Å²) in [4.78, 5) is 14.1. The standard InChI is InChI=1S/C12H22N2O2/c1-14(9-10-3-2-4-10)11(15)12(13)5-7-16-8-6-12/h10H,2-9,13H2,1H3. The molecular formula is C12H22N2O2. The molecule has 16 heavy (non-hydrogen) atoms. The first-order valence-electron chi connectivity index (χ1n) is 6.24. The van der Waals surface area contributed by atoms with Crippen LogP contribution in [-0.4, -0.2) is 43.2 Å². The van der Waals surface area contributed by atoms with Crippen molar-refractivity contribution >= 4 is 5.91 Å². The smallest absolute Gasteiger partial charge is 0.242 e. The fraction of sp³-hybridized carbons (Fsp3) is 0.917. The van der Waals surface area contributed by atoms with E-state index in [0.717, 1.165) is 6.54 Å². The van der Waals surface area contributed by atoms with Crippen LogP contribution >= 0.6 is 0 Å². The van der Waals surface area contributed by atoms with Gasteiger partial charge in [-0.05, 0) is 31.6 Å². The van der Waals surface area contributed by atoms with E-state index in [0.29, 0.717) is 32.0 Å². The molecule has 1 amide bonds. The Bertz CT molecular complexity index is 258. The van der Waals surface area contributed by atoms with Crippen LogP contribution in [0, 0.1) is 5.92 Å². The van der Waals surface area contributed by atoms with Crippen molar-refractivity contribution in [1.82, 2.24) is 4.90 Å². The molecule has 2 rings (SSSR count). The number of hydrogen-bond acceptors (Lipinski definition) is 3. The Labute approximate surface area is 97.1 Å². The van der Waals surface area contributed by atoms with E-state index >= 15 is 0 Å². The highest BCUT2D eigenvalue weighted by molar-refractivity contribution is 5.86. The lowest BCUT2D eigenvalue weighted by molar-refractivity contribution is -0.140. The van der Waals surface area contributed by atoms with Gasteiger partial charge in [-0.2, -0.15) is 0 Å². The fourth-order valence-corrected chi connectivity index (χ4v) is 2.48. The molecule has 0 unspecified atom stereocenters. The van der Waals surface area contributed by atoms with E-state index in [9.17, 15) is 4.79 Å². The molecule has 2 fully saturated rings. The SMILES string of the molecule is CN(CC1CCC1)C(=O)C1(N)CCOCC1. The molecule has 0 radical (unpaired) electrons. The number of ether oxygens (including phenoxy) is 1. The summed E-state index contributed by atoms with van der Waals surface area (Å²) in [5.41, 5.74) is 5.50. The van der Waals surface area contributed by atoms with E-state index in [4.69, 9.17) is 10.5 Å². The van der Waals surface area contributed by atoms with Crippen LogP contribution in [0.3, 0.4) is 0 Å². The van der Waals surface area contributed by atoms with Gasteiger partial charge in [-0.3, -0.25) is 4.79 Å². The Kier molecular flexibility index (Phi) is 3.50. The van der Waals surface area contributed by atoms with Gasteiger partial charge in [-0.15, -0.1) is 0 Å². The number of amides is 1. The van der Waals surface area contributed by atoms with Gasteiger partial charge in [-0.1, -0.05) is 6.42 Å². The number of hydrogen-bond donors (Lipinski definition) is 1. The molecule has 1 saturated carbocycles. The van der Waals surface area contributed by atoms with E-state index in [1.165, 1.54) is 19.3 Å². The molecule has 1 heterocycles. The predicted molar refractivity (Wildman–Crippen MR) is 61.9 cm³/mol. The summed E-state index contributed by atoms with van der Waals surface area (Å²) in [5.74, 6) is 0.806. The first-order valence-corrected chi connectivity index (χ1v) is 6.24. The lowest BCUT2D eigenvalue weighted by Crippen LogP contribution is -2.57. The Hall–Kier alpha value is -0.610. The maximum absolute atomic E-state index is 12.2. The van der Waals surface area contributed by atoms with Crippen molar-refractivity contribution in [2.75, 3.05) is 26.8 Å². The Morgan fingerprint density at radius 1 is 1.44 bits per heavy atom. The number of likely N-dealkylation sites (N-methyl/N-ethyl adjacent to an activating group) is 1. The third-order valence-corrected chi connectivity index (χ3v) is 3.91. The number of carbonyl (C=O) groups is 1. The predicted octanol–water partition coefficient (Wildman–Crippen LogP) is 0.753. The van der Waals surface area contributed by atoms with E-state index in [-0.39, 0.29) is 5.91 Å². The zero-order valence-electron chi connectivity index (χ0n) is 10.1. The van der Waals surface area contributed by atoms with Crippen LogP contribution in [0.5, 0.6) is 0 Å². The molecule has 0 bridgehead atoms. The molecule has 1 aliphatic heterocycles. The molecular weight excluding hydrogens is 204 g/mol. The molecule has 0 atom stereocenters. The molecule has 2 N–H and O–H groups in total. The zero-order valence-corrected chi connectivity index (χ0v) is 10.1. The molecule has 1 saturated heterocycles. The molecule has 1 aliphatic carbocycles. The summed E-state index contributed by atoms with van der Waals surface area (Å²) in [7, 11) is 1.88. The maximum atomic E-state index is 12.2. The normalized spacial score (nSPS) is 24.9. The molecule has 0 spiro atoms. The van der Waals surface area contributed by atoms with Gasteiger partial charge in [0.1, 0.15) is 0 Å². The monoisotopic (exact) mass is 226 g/mol. The summed E-state index contributed by atoms with van der Waals surface area (Å²) in [6, 6.07) is 0. The van der Waals surface area contributed by atoms with Gasteiger partial charge in [0.15, 0.2) is 0 Å². The van der Waals surface area contributed by atoms with Gasteiger partial charge >= 0.3 is 0 Å². The van der Waals surface area contributed by atoms with Gasteiger partial charge in [-0.25, -0.2) is 0 Å². The Morgan fingerprint density at radius 2 is 2.06 bits per heavy atom. The highest BCUT2D eigenvalue weighted by Crippen LogP contribution is 2.28. The van der Waals surface area contributed by atoms with Gasteiger partial charge < -0.3 is 15.4 Å². The third-order valence-electron chi connectivity index (χ3n) is 3.91. The van der Waals surface area contributed by atoms with Crippen molar-refractivity contribution < 1.29 is 9.53 Å². The molecule has 0 aromatic rings. The minimum Gasteiger partial charge on any atom is -0.381 e. The summed E-state index contributed by atoms with van der Waals surface area (Å²) in [5, 5.41) is 0. The molecule has 0 aromatic heterocycles. The Morgan fingerprint density at radius 3 is 2.56 bits per heavy atom. The second kappa shape index (κ2) is 4.72. The largest absolute Gasteiger partial charge is 0.381 e. The van der Waals surface area contributed by atoms with Crippen LogP contribution in [0.25, 0.3) is 0 Å². The van der Waals surface area contributed by atoms with Crippen LogP contribution in [0.2, 0.25) is 0 Å². The summed E-state index contributed by atoms with van der Waals surface area (Å²) < 4.78 is 5.26.